The van der Waals surface area contributed by atoms with Gasteiger partial charge in [0.15, 0.2) is 0 Å². The van der Waals surface area contributed by atoms with Crippen molar-refractivity contribution >= 4 is 12.4 Å². The summed E-state index contributed by atoms with van der Waals surface area (Å²) in [6.07, 6.45) is -0.813. The van der Waals surface area contributed by atoms with Crippen LogP contribution in [0.15, 0.2) is 30.3 Å². The number of likely N-dealkylation sites (N-methyl/N-ethyl adjacent to an activating group) is 1. The van der Waals surface area contributed by atoms with Gasteiger partial charge in [0.2, 0.25) is 0 Å². The van der Waals surface area contributed by atoms with E-state index in [4.69, 9.17) is 4.11 Å². The molecule has 74 valence electrons. The smallest absolute Gasteiger partial charge is 0.0940 e. The van der Waals surface area contributed by atoms with Crippen LogP contribution < -0.4 is 5.32 Å². The normalized spacial score (nSPS) is 18.8. The molecule has 0 fully saturated rings. The van der Waals surface area contributed by atoms with Gasteiger partial charge in [-0.25, -0.2) is 0 Å². The Labute approximate surface area is 89.6 Å². The van der Waals surface area contributed by atoms with E-state index in [-0.39, 0.29) is 12.4 Å². The number of nitrogens with one attached hydrogen (secondary N) is 1. The first kappa shape index (κ1) is 7.80. The quantitative estimate of drug-likeness (QED) is 0.787. The highest BCUT2D eigenvalue weighted by atomic mass is 35.5. The number of rotatable bonds is 3. The fourth-order valence-electron chi connectivity index (χ4n) is 1.02. The van der Waals surface area contributed by atoms with Crippen molar-refractivity contribution in [1.82, 2.24) is 5.32 Å². The fraction of sp³-hybridized carbons (Fsp3) is 0.400. The topological polar surface area (TPSA) is 32.3 Å². The lowest BCUT2D eigenvalue weighted by atomic mass is 10.0. The number of benzene rings is 1. The molecule has 0 aliphatic rings. The van der Waals surface area contributed by atoms with Gasteiger partial charge in [0, 0.05) is 10.2 Å². The summed E-state index contributed by atoms with van der Waals surface area (Å²) in [6.45, 7) is -0.584. The lowest BCUT2D eigenvalue weighted by molar-refractivity contribution is 0.140. The first-order valence-electron chi connectivity index (χ1n) is 5.41. The van der Waals surface area contributed by atoms with Crippen LogP contribution >= 0.6 is 12.4 Å². The molecule has 0 aliphatic heterocycles. The van der Waals surface area contributed by atoms with E-state index in [1.54, 1.807) is 31.2 Å². The first-order valence-corrected chi connectivity index (χ1v) is 3.91. The van der Waals surface area contributed by atoms with Crippen molar-refractivity contribution in [3.63, 3.8) is 0 Å². The zero-order valence-electron chi connectivity index (χ0n) is 10.4. The van der Waals surface area contributed by atoms with E-state index < -0.39 is 19.1 Å². The van der Waals surface area contributed by atoms with Crippen LogP contribution in [0.2, 0.25) is 0 Å². The number of halogens is 1. The van der Waals surface area contributed by atoms with Gasteiger partial charge in [-0.15, -0.1) is 12.4 Å². The second kappa shape index (κ2) is 5.97. The van der Waals surface area contributed by atoms with Gasteiger partial charge in [0.1, 0.15) is 0 Å². The maximum absolute atomic E-state index is 9.84. The van der Waals surface area contributed by atoms with Gasteiger partial charge in [0.25, 0.3) is 0 Å². The number of aliphatic hydroxyl groups is 1. The molecular formula is C10H16ClNO. The van der Waals surface area contributed by atoms with Crippen molar-refractivity contribution in [2.45, 2.75) is 19.1 Å². The Morgan fingerprint density at radius 2 is 2.00 bits per heavy atom. The molecule has 0 radical (unpaired) electrons. The van der Waals surface area contributed by atoms with Gasteiger partial charge in [-0.05, 0) is 19.5 Å². The molecule has 13 heavy (non-hydrogen) atoms. The molecule has 0 unspecified atom stereocenters. The highest BCUT2D eigenvalue weighted by Gasteiger charge is 2.12. The van der Waals surface area contributed by atoms with E-state index in [0.717, 1.165) is 0 Å². The number of hydrogen-bond acceptors (Lipinski definition) is 2. The third kappa shape index (κ3) is 3.35. The molecule has 0 bridgehead atoms. The van der Waals surface area contributed by atoms with E-state index >= 15 is 0 Å². The summed E-state index contributed by atoms with van der Waals surface area (Å²) >= 11 is 0. The van der Waals surface area contributed by atoms with Gasteiger partial charge >= 0.3 is 0 Å². The van der Waals surface area contributed by atoms with Crippen LogP contribution in [0.5, 0.6) is 0 Å². The SMILES string of the molecule is Cl.[2H]C([2H])([2H])N[C@H](C)[C@H](O)c1ccccc1. The lowest BCUT2D eigenvalue weighted by Gasteiger charge is -2.17. The van der Waals surface area contributed by atoms with Crippen molar-refractivity contribution in [1.29, 1.82) is 0 Å². The summed E-state index contributed by atoms with van der Waals surface area (Å²) in [4.78, 5) is 0. The van der Waals surface area contributed by atoms with E-state index in [1.165, 1.54) is 0 Å². The van der Waals surface area contributed by atoms with E-state index in [1.807, 2.05) is 6.07 Å². The zero-order valence-corrected chi connectivity index (χ0v) is 8.21. The summed E-state index contributed by atoms with van der Waals surface area (Å²) < 4.78 is 21.1. The molecular weight excluding hydrogens is 186 g/mol. The zero-order chi connectivity index (χ0) is 11.5. The highest BCUT2D eigenvalue weighted by molar-refractivity contribution is 5.85. The first-order chi connectivity index (χ1) is 6.90. The second-order valence-corrected chi connectivity index (χ2v) is 2.79. The minimum atomic E-state index is -2.23. The predicted octanol–water partition coefficient (Wildman–Crippen LogP) is 1.75. The Bertz CT molecular complexity index is 305. The monoisotopic (exact) mass is 204 g/mol. The molecule has 2 nitrogen and oxygen atoms in total. The van der Waals surface area contributed by atoms with Crippen molar-refractivity contribution < 1.29 is 9.22 Å². The maximum atomic E-state index is 9.84. The molecule has 0 saturated carbocycles. The lowest BCUT2D eigenvalue weighted by Crippen LogP contribution is -2.28. The Hall–Kier alpha value is -0.570. The maximum Gasteiger partial charge on any atom is 0.0940 e. The van der Waals surface area contributed by atoms with Crippen molar-refractivity contribution in [3.8, 4) is 0 Å². The Kier molecular flexibility index (Phi) is 3.58. The molecule has 2 atom stereocenters. The minimum absolute atomic E-state index is 0. The Balaban J connectivity index is 0.00000225. The van der Waals surface area contributed by atoms with Crippen LogP contribution in [0.4, 0.5) is 0 Å². The summed E-state index contributed by atoms with van der Waals surface area (Å²) in [6, 6.07) is 8.48. The summed E-state index contributed by atoms with van der Waals surface area (Å²) in [7, 11) is 0. The van der Waals surface area contributed by atoms with Crippen molar-refractivity contribution in [2.75, 3.05) is 6.98 Å². The average molecular weight is 205 g/mol. The molecule has 1 aromatic rings. The van der Waals surface area contributed by atoms with Gasteiger partial charge < -0.3 is 10.4 Å². The van der Waals surface area contributed by atoms with Crippen LogP contribution in [0.25, 0.3) is 0 Å². The second-order valence-electron chi connectivity index (χ2n) is 2.79. The highest BCUT2D eigenvalue weighted by Crippen LogP contribution is 2.15. The molecule has 0 saturated heterocycles. The Morgan fingerprint density at radius 1 is 1.38 bits per heavy atom. The van der Waals surface area contributed by atoms with Gasteiger partial charge in [-0.2, -0.15) is 0 Å². The van der Waals surface area contributed by atoms with E-state index in [2.05, 4.69) is 5.32 Å². The molecule has 0 amide bonds. The van der Waals surface area contributed by atoms with Crippen molar-refractivity contribution in [3.05, 3.63) is 35.9 Å². The van der Waals surface area contributed by atoms with Crippen molar-refractivity contribution in [2.24, 2.45) is 0 Å². The van der Waals surface area contributed by atoms with Crippen LogP contribution in [0, 0.1) is 0 Å². The van der Waals surface area contributed by atoms with Crippen LogP contribution in [0.1, 0.15) is 22.7 Å². The minimum Gasteiger partial charge on any atom is -0.387 e. The molecule has 1 rings (SSSR count). The molecule has 2 N–H and O–H groups in total. The van der Waals surface area contributed by atoms with Crippen LogP contribution in [0.3, 0.4) is 0 Å². The molecule has 1 aromatic carbocycles. The van der Waals surface area contributed by atoms with Gasteiger partial charge in [-0.1, -0.05) is 30.3 Å². The van der Waals surface area contributed by atoms with Crippen LogP contribution in [-0.4, -0.2) is 18.1 Å². The molecule has 0 spiro atoms. The van der Waals surface area contributed by atoms with E-state index in [0.29, 0.717) is 5.56 Å². The average Bonchev–Trinajstić information content (AvgIpc) is 2.15. The summed E-state index contributed by atoms with van der Waals surface area (Å²) in [5.74, 6) is 0. The predicted molar refractivity (Wildman–Crippen MR) is 57.2 cm³/mol. The molecule has 3 heteroatoms. The van der Waals surface area contributed by atoms with Gasteiger partial charge in [-0.3, -0.25) is 0 Å². The van der Waals surface area contributed by atoms with E-state index in [9.17, 15) is 5.11 Å². The largest absolute Gasteiger partial charge is 0.387 e. The third-order valence-electron chi connectivity index (χ3n) is 1.84. The molecule has 0 aliphatic carbocycles. The third-order valence-corrected chi connectivity index (χ3v) is 1.84. The summed E-state index contributed by atoms with van der Waals surface area (Å²) in [5.41, 5.74) is 0.710. The standard InChI is InChI=1S/C10H15NO.ClH/c1-8(11-2)10(12)9-6-4-3-5-7-9;/h3-8,10-12H,1-2H3;1H/t8-,10+;/m1./s1/i2D3;. The molecule has 0 heterocycles. The molecule has 0 aromatic heterocycles. The van der Waals surface area contributed by atoms with Gasteiger partial charge in [0.05, 0.1) is 6.10 Å². The number of aliphatic hydroxyl groups excluding tert-OH is 1. The van der Waals surface area contributed by atoms with Crippen LogP contribution in [-0.2, 0) is 0 Å². The summed E-state index contributed by atoms with van der Waals surface area (Å²) in [5, 5.41) is 12.2. The Morgan fingerprint density at radius 3 is 2.54 bits per heavy atom. The number of hydrogen-bond donors (Lipinski definition) is 2. The fourth-order valence-corrected chi connectivity index (χ4v) is 1.02.